The summed E-state index contributed by atoms with van der Waals surface area (Å²) >= 11 is 0. The lowest BCUT2D eigenvalue weighted by molar-refractivity contribution is -0.122. The molecule has 1 heterocycles. The molecule has 1 fully saturated rings. The number of rotatable bonds is 5. The molecule has 0 saturated carbocycles. The Labute approximate surface area is 138 Å². The van der Waals surface area contributed by atoms with Gasteiger partial charge in [-0.1, -0.05) is 72.6 Å². The van der Waals surface area contributed by atoms with Gasteiger partial charge in [-0.15, -0.1) is 0 Å². The molecule has 0 aromatic carbocycles. The molecule has 1 saturated heterocycles. The van der Waals surface area contributed by atoms with E-state index in [1.165, 1.54) is 51.4 Å². The van der Waals surface area contributed by atoms with Crippen molar-refractivity contribution in [3.63, 3.8) is 0 Å². The van der Waals surface area contributed by atoms with E-state index in [0.717, 1.165) is 25.3 Å². The third-order valence-electron chi connectivity index (χ3n) is 5.11. The van der Waals surface area contributed by atoms with Crippen LogP contribution >= 0.6 is 0 Å². The molecule has 2 unspecified atom stereocenters. The van der Waals surface area contributed by atoms with Gasteiger partial charge in [0.05, 0.1) is 6.04 Å². The average Bonchev–Trinajstić information content (AvgIpc) is 2.46. The fraction of sp³-hybridized carbons (Fsp3) is 0.950. The Morgan fingerprint density at radius 2 is 1.95 bits per heavy atom. The Morgan fingerprint density at radius 1 is 1.18 bits per heavy atom. The van der Waals surface area contributed by atoms with Crippen LogP contribution in [-0.4, -0.2) is 18.4 Å². The van der Waals surface area contributed by atoms with Gasteiger partial charge in [-0.25, -0.2) is 0 Å². The number of carbonyl (C=O) groups is 1. The summed E-state index contributed by atoms with van der Waals surface area (Å²) in [4.78, 5) is 12.6. The zero-order chi connectivity index (χ0) is 16.4. The topological polar surface area (TPSA) is 29.1 Å². The van der Waals surface area contributed by atoms with Crippen LogP contribution in [0.2, 0.25) is 0 Å². The van der Waals surface area contributed by atoms with Crippen LogP contribution in [0, 0.1) is 17.8 Å². The summed E-state index contributed by atoms with van der Waals surface area (Å²) in [5, 5.41) is 3.55. The first-order valence-corrected chi connectivity index (χ1v) is 9.79. The Morgan fingerprint density at radius 3 is 2.64 bits per heavy atom. The van der Waals surface area contributed by atoms with Crippen LogP contribution in [0.5, 0.6) is 0 Å². The fourth-order valence-electron chi connectivity index (χ4n) is 3.67. The Hall–Kier alpha value is -0.370. The number of ketones is 1. The predicted molar refractivity (Wildman–Crippen MR) is 96.1 cm³/mol. The molecule has 0 amide bonds. The molecule has 0 radical (unpaired) electrons. The maximum absolute atomic E-state index is 12.6. The molecule has 0 aliphatic carbocycles. The number of hydrogen-bond donors (Lipinski definition) is 1. The molecule has 0 bridgehead atoms. The van der Waals surface area contributed by atoms with Gasteiger partial charge in [-0.2, -0.15) is 0 Å². The second-order valence-electron chi connectivity index (χ2n) is 7.99. The third kappa shape index (κ3) is 8.31. The maximum Gasteiger partial charge on any atom is 0.150 e. The van der Waals surface area contributed by atoms with E-state index in [2.05, 4.69) is 33.0 Å². The van der Waals surface area contributed by atoms with Gasteiger partial charge in [0.25, 0.3) is 0 Å². The summed E-state index contributed by atoms with van der Waals surface area (Å²) in [5.41, 5.74) is 0. The largest absolute Gasteiger partial charge is 0.307 e. The molecule has 1 aliphatic rings. The van der Waals surface area contributed by atoms with E-state index in [-0.39, 0.29) is 6.04 Å². The van der Waals surface area contributed by atoms with Crippen LogP contribution in [0.1, 0.15) is 91.9 Å². The second kappa shape index (κ2) is 11.2. The average molecular weight is 310 g/mol. The minimum absolute atomic E-state index is 0.0952. The van der Waals surface area contributed by atoms with E-state index >= 15 is 0 Å². The molecule has 0 aromatic heterocycles. The molecule has 1 rings (SSSR count). The van der Waals surface area contributed by atoms with Crippen LogP contribution in [0.3, 0.4) is 0 Å². The summed E-state index contributed by atoms with van der Waals surface area (Å²) in [6.45, 7) is 10.0. The number of unbranched alkanes of at least 4 members (excludes halogenated alkanes) is 1. The zero-order valence-electron chi connectivity index (χ0n) is 15.5. The van der Waals surface area contributed by atoms with Crippen LogP contribution < -0.4 is 5.32 Å². The van der Waals surface area contributed by atoms with Gasteiger partial charge in [0.2, 0.25) is 0 Å². The van der Waals surface area contributed by atoms with Gasteiger partial charge in [-0.3, -0.25) is 4.79 Å². The van der Waals surface area contributed by atoms with Gasteiger partial charge < -0.3 is 5.32 Å². The standard InChI is InChI=1S/C20H39NO/c1-5-6-9-18-10-7-8-13-21-19(14-16(2)3)20(22)15-17(4)11-12-18/h16-19,21H,5-15H2,1-4H3/t17?,18?,19-/m0/s1. The number of carbonyl (C=O) groups excluding carboxylic acids is 1. The van der Waals surface area contributed by atoms with E-state index in [1.807, 2.05) is 0 Å². The van der Waals surface area contributed by atoms with E-state index in [9.17, 15) is 4.79 Å². The Bertz CT molecular complexity index is 300. The van der Waals surface area contributed by atoms with Crippen molar-refractivity contribution in [2.75, 3.05) is 6.54 Å². The first kappa shape index (κ1) is 19.7. The molecule has 22 heavy (non-hydrogen) atoms. The molecule has 2 heteroatoms. The highest BCUT2D eigenvalue weighted by Crippen LogP contribution is 2.25. The van der Waals surface area contributed by atoms with Crippen molar-refractivity contribution >= 4 is 5.78 Å². The van der Waals surface area contributed by atoms with Gasteiger partial charge in [0, 0.05) is 6.42 Å². The molecule has 2 nitrogen and oxygen atoms in total. The first-order valence-electron chi connectivity index (χ1n) is 9.79. The quantitative estimate of drug-likeness (QED) is 0.741. The van der Waals surface area contributed by atoms with E-state index in [4.69, 9.17) is 0 Å². The molecule has 1 N–H and O–H groups in total. The molecule has 3 atom stereocenters. The lowest BCUT2D eigenvalue weighted by atomic mass is 9.85. The molecule has 130 valence electrons. The summed E-state index contributed by atoms with van der Waals surface area (Å²) < 4.78 is 0. The SMILES string of the molecule is CCCCC1CCCCN[C@@H](CC(C)C)C(=O)CC(C)CC1. The van der Waals surface area contributed by atoms with Crippen molar-refractivity contribution in [3.05, 3.63) is 0 Å². The molecular formula is C20H39NO. The van der Waals surface area contributed by atoms with Gasteiger partial charge in [0.1, 0.15) is 5.78 Å². The second-order valence-corrected chi connectivity index (χ2v) is 7.99. The number of nitrogens with one attached hydrogen (secondary N) is 1. The smallest absolute Gasteiger partial charge is 0.150 e. The molecule has 0 spiro atoms. The van der Waals surface area contributed by atoms with Crippen LogP contribution in [-0.2, 0) is 4.79 Å². The van der Waals surface area contributed by atoms with Crippen molar-refractivity contribution in [2.24, 2.45) is 17.8 Å². The monoisotopic (exact) mass is 309 g/mol. The minimum atomic E-state index is 0.0952. The summed E-state index contributed by atoms with van der Waals surface area (Å²) in [5.74, 6) is 2.48. The van der Waals surface area contributed by atoms with Crippen molar-refractivity contribution < 1.29 is 4.79 Å². The van der Waals surface area contributed by atoms with E-state index < -0.39 is 0 Å². The highest BCUT2D eigenvalue weighted by Gasteiger charge is 2.22. The van der Waals surface area contributed by atoms with Crippen molar-refractivity contribution in [1.82, 2.24) is 5.32 Å². The van der Waals surface area contributed by atoms with Gasteiger partial charge >= 0.3 is 0 Å². The van der Waals surface area contributed by atoms with Gasteiger partial charge in [-0.05, 0) is 37.1 Å². The van der Waals surface area contributed by atoms with Crippen LogP contribution in [0.25, 0.3) is 0 Å². The normalized spacial score (nSPS) is 29.1. The third-order valence-corrected chi connectivity index (χ3v) is 5.11. The maximum atomic E-state index is 12.6. The molecular weight excluding hydrogens is 270 g/mol. The van der Waals surface area contributed by atoms with Crippen molar-refractivity contribution in [2.45, 2.75) is 97.9 Å². The Balaban J connectivity index is 2.55. The molecule has 0 aromatic rings. The minimum Gasteiger partial charge on any atom is -0.307 e. The zero-order valence-corrected chi connectivity index (χ0v) is 15.5. The number of Topliss-reactive ketones (excluding diaryl/α,β-unsaturated/α-hetero) is 1. The lowest BCUT2D eigenvalue weighted by Gasteiger charge is -2.24. The summed E-state index contributed by atoms with van der Waals surface area (Å²) in [6, 6.07) is 0.0952. The predicted octanol–water partition coefficient (Wildman–Crippen LogP) is 5.36. The fourth-order valence-corrected chi connectivity index (χ4v) is 3.67. The van der Waals surface area contributed by atoms with Gasteiger partial charge in [0.15, 0.2) is 0 Å². The first-order chi connectivity index (χ1) is 10.5. The highest BCUT2D eigenvalue weighted by molar-refractivity contribution is 5.84. The van der Waals surface area contributed by atoms with Crippen LogP contribution in [0.15, 0.2) is 0 Å². The lowest BCUT2D eigenvalue weighted by Crippen LogP contribution is -2.39. The summed E-state index contributed by atoms with van der Waals surface area (Å²) in [6.07, 6.45) is 12.3. The van der Waals surface area contributed by atoms with E-state index in [0.29, 0.717) is 17.6 Å². The number of hydrogen-bond acceptors (Lipinski definition) is 2. The highest BCUT2D eigenvalue weighted by atomic mass is 16.1. The summed E-state index contributed by atoms with van der Waals surface area (Å²) in [7, 11) is 0. The van der Waals surface area contributed by atoms with E-state index in [1.54, 1.807) is 0 Å². The van der Waals surface area contributed by atoms with Crippen LogP contribution in [0.4, 0.5) is 0 Å². The Kier molecular flexibility index (Phi) is 10.0. The van der Waals surface area contributed by atoms with Crippen molar-refractivity contribution in [3.8, 4) is 0 Å². The molecule has 1 aliphatic heterocycles. The van der Waals surface area contributed by atoms with Crippen molar-refractivity contribution in [1.29, 1.82) is 0 Å².